The first-order chi connectivity index (χ1) is 11.1. The van der Waals surface area contributed by atoms with Crippen molar-refractivity contribution in [3.05, 3.63) is 0 Å². The van der Waals surface area contributed by atoms with Crippen LogP contribution < -0.4 is 0 Å². The van der Waals surface area contributed by atoms with Crippen LogP contribution in [0.3, 0.4) is 0 Å². The van der Waals surface area contributed by atoms with Crippen LogP contribution in [0.4, 0.5) is 13.6 Å². The largest absolute Gasteiger partial charge is 0.465 e. The van der Waals surface area contributed by atoms with Crippen molar-refractivity contribution in [2.75, 3.05) is 19.6 Å². The van der Waals surface area contributed by atoms with Gasteiger partial charge in [0.15, 0.2) is 0 Å². The number of rotatable bonds is 1. The topological polar surface area (TPSA) is 60.9 Å². The molecule has 1 N–H and O–H groups in total. The Morgan fingerprint density at radius 1 is 1.04 bits per heavy atom. The monoisotopic (exact) mass is 342 g/mol. The molecule has 0 spiro atoms. The summed E-state index contributed by atoms with van der Waals surface area (Å²) < 4.78 is 30.1. The molecule has 134 valence electrons. The van der Waals surface area contributed by atoms with Gasteiger partial charge >= 0.3 is 6.09 Å². The number of carboxylic acid groups (broad SMARTS) is 1. The molecule has 0 aromatic rings. The number of alkyl halides is 2. The second-order valence-electron chi connectivity index (χ2n) is 8.67. The van der Waals surface area contributed by atoms with Gasteiger partial charge in [-0.25, -0.2) is 13.6 Å². The molecule has 5 fully saturated rings. The number of carbonyl (C=O) groups is 2. The Labute approximate surface area is 140 Å². The van der Waals surface area contributed by atoms with Gasteiger partial charge < -0.3 is 14.9 Å². The lowest BCUT2D eigenvalue weighted by molar-refractivity contribution is -0.195. The minimum absolute atomic E-state index is 0.0455. The van der Waals surface area contributed by atoms with Crippen LogP contribution >= 0.6 is 0 Å². The van der Waals surface area contributed by atoms with Gasteiger partial charge in [0.25, 0.3) is 0 Å². The SMILES string of the molecule is C[C@H]1CN(C(=O)O)CCN1C(=O)C12CC3CC(F)(CC(F)(C3)C1)C2. The zero-order chi connectivity index (χ0) is 17.3. The van der Waals surface area contributed by atoms with Crippen molar-refractivity contribution in [1.29, 1.82) is 0 Å². The normalized spacial score (nSPS) is 47.1. The molecule has 0 aromatic carbocycles. The molecule has 7 heteroatoms. The standard InChI is InChI=1S/C17H24F2N2O3/c1-11-7-20(14(23)24)2-3-21(11)13(22)15-4-12-5-16(18,8-15)10-17(19,6-12)9-15/h11-12H,2-10H2,1H3,(H,23,24)/t11-,12?,15?,16?,17?/m0/s1. The molecular formula is C17H24F2N2O3. The van der Waals surface area contributed by atoms with Gasteiger partial charge in [0.05, 0.1) is 5.41 Å². The highest BCUT2D eigenvalue weighted by Gasteiger charge is 2.67. The summed E-state index contributed by atoms with van der Waals surface area (Å²) in [5, 5.41) is 9.10. The molecule has 2 amide bonds. The maximum atomic E-state index is 15.1. The van der Waals surface area contributed by atoms with Crippen LogP contribution in [0.15, 0.2) is 0 Å². The van der Waals surface area contributed by atoms with E-state index in [2.05, 4.69) is 0 Å². The van der Waals surface area contributed by atoms with E-state index in [1.165, 1.54) is 4.90 Å². The summed E-state index contributed by atoms with van der Waals surface area (Å²) in [5.41, 5.74) is -4.02. The third kappa shape index (κ3) is 2.30. The predicted molar refractivity (Wildman–Crippen MR) is 82.1 cm³/mol. The van der Waals surface area contributed by atoms with E-state index in [0.29, 0.717) is 25.8 Å². The lowest BCUT2D eigenvalue weighted by Crippen LogP contribution is -2.66. The second kappa shape index (κ2) is 4.82. The van der Waals surface area contributed by atoms with Crippen molar-refractivity contribution in [3.63, 3.8) is 0 Å². The zero-order valence-corrected chi connectivity index (χ0v) is 13.9. The number of nitrogens with zero attached hydrogens (tertiary/aromatic N) is 2. The molecule has 3 atom stereocenters. The highest BCUT2D eigenvalue weighted by atomic mass is 19.2. The molecule has 0 radical (unpaired) electrons. The first kappa shape index (κ1) is 16.1. The molecule has 5 aliphatic rings. The Morgan fingerprint density at radius 3 is 2.17 bits per heavy atom. The maximum Gasteiger partial charge on any atom is 0.407 e. The van der Waals surface area contributed by atoms with Crippen LogP contribution in [0.2, 0.25) is 0 Å². The summed E-state index contributed by atoms with van der Waals surface area (Å²) in [6.07, 6.45) is 0.559. The van der Waals surface area contributed by atoms with Gasteiger partial charge in [0, 0.05) is 32.1 Å². The fourth-order valence-corrected chi connectivity index (χ4v) is 6.18. The summed E-state index contributed by atoms with van der Waals surface area (Å²) in [6, 6.07) is -0.263. The highest BCUT2D eigenvalue weighted by Crippen LogP contribution is 2.66. The van der Waals surface area contributed by atoms with Crippen LogP contribution in [0.1, 0.15) is 45.4 Å². The van der Waals surface area contributed by atoms with Crippen molar-refractivity contribution in [2.24, 2.45) is 11.3 Å². The summed E-state index contributed by atoms with van der Waals surface area (Å²) in [4.78, 5) is 27.3. The Bertz CT molecular complexity index is 580. The number of piperazine rings is 1. The molecule has 1 saturated heterocycles. The summed E-state index contributed by atoms with van der Waals surface area (Å²) in [5.74, 6) is -0.205. The van der Waals surface area contributed by atoms with Crippen molar-refractivity contribution in [1.82, 2.24) is 9.80 Å². The molecule has 5 rings (SSSR count). The van der Waals surface area contributed by atoms with Gasteiger partial charge in [0.2, 0.25) is 5.91 Å². The van der Waals surface area contributed by atoms with Crippen LogP contribution in [-0.4, -0.2) is 63.9 Å². The minimum Gasteiger partial charge on any atom is -0.465 e. The summed E-state index contributed by atoms with van der Waals surface area (Å²) >= 11 is 0. The zero-order valence-electron chi connectivity index (χ0n) is 13.9. The molecule has 4 aliphatic carbocycles. The van der Waals surface area contributed by atoms with E-state index in [1.807, 2.05) is 6.92 Å². The number of amides is 2. The predicted octanol–water partition coefficient (Wildman–Crippen LogP) is 2.60. The average Bonchev–Trinajstić information content (AvgIpc) is 2.42. The Hall–Kier alpha value is -1.40. The molecule has 4 bridgehead atoms. The van der Waals surface area contributed by atoms with Crippen molar-refractivity contribution in [3.8, 4) is 0 Å². The van der Waals surface area contributed by atoms with E-state index in [9.17, 15) is 9.59 Å². The maximum absolute atomic E-state index is 15.1. The fourth-order valence-electron chi connectivity index (χ4n) is 6.18. The molecule has 4 saturated carbocycles. The summed E-state index contributed by atoms with van der Waals surface area (Å²) in [7, 11) is 0. The van der Waals surface area contributed by atoms with E-state index >= 15 is 8.78 Å². The fraction of sp³-hybridized carbons (Fsp3) is 0.882. The van der Waals surface area contributed by atoms with E-state index in [4.69, 9.17) is 5.11 Å². The molecule has 0 aromatic heterocycles. The van der Waals surface area contributed by atoms with Crippen LogP contribution in [0.25, 0.3) is 0 Å². The van der Waals surface area contributed by atoms with Gasteiger partial charge in [0.1, 0.15) is 11.3 Å². The molecule has 5 nitrogen and oxygen atoms in total. The van der Waals surface area contributed by atoms with E-state index in [-0.39, 0.29) is 50.2 Å². The Balaban J connectivity index is 1.57. The van der Waals surface area contributed by atoms with Crippen molar-refractivity contribution in [2.45, 2.75) is 62.8 Å². The number of hydrogen-bond acceptors (Lipinski definition) is 2. The molecule has 2 unspecified atom stereocenters. The van der Waals surface area contributed by atoms with E-state index < -0.39 is 22.8 Å². The first-order valence-electron chi connectivity index (χ1n) is 8.81. The molecule has 1 aliphatic heterocycles. The smallest absolute Gasteiger partial charge is 0.407 e. The lowest BCUT2D eigenvalue weighted by atomic mass is 9.47. The second-order valence-corrected chi connectivity index (χ2v) is 8.67. The summed E-state index contributed by atoms with van der Waals surface area (Å²) in [6.45, 7) is 2.62. The Morgan fingerprint density at radius 2 is 1.67 bits per heavy atom. The van der Waals surface area contributed by atoms with Crippen LogP contribution in [0, 0.1) is 11.3 Å². The van der Waals surface area contributed by atoms with Crippen LogP contribution in [-0.2, 0) is 4.79 Å². The number of carbonyl (C=O) groups excluding carboxylic acids is 1. The van der Waals surface area contributed by atoms with Crippen molar-refractivity contribution < 1.29 is 23.5 Å². The van der Waals surface area contributed by atoms with E-state index in [0.717, 1.165) is 0 Å². The van der Waals surface area contributed by atoms with Gasteiger partial charge in [-0.15, -0.1) is 0 Å². The Kier molecular flexibility index (Phi) is 3.23. The highest BCUT2D eigenvalue weighted by molar-refractivity contribution is 5.84. The third-order valence-corrected chi connectivity index (χ3v) is 6.55. The third-order valence-electron chi connectivity index (χ3n) is 6.55. The van der Waals surface area contributed by atoms with Gasteiger partial charge in [-0.3, -0.25) is 4.79 Å². The van der Waals surface area contributed by atoms with Crippen molar-refractivity contribution >= 4 is 12.0 Å². The van der Waals surface area contributed by atoms with Gasteiger partial charge in [-0.2, -0.15) is 0 Å². The van der Waals surface area contributed by atoms with E-state index in [1.54, 1.807) is 4.90 Å². The van der Waals surface area contributed by atoms with Crippen LogP contribution in [0.5, 0.6) is 0 Å². The van der Waals surface area contributed by atoms with Gasteiger partial charge in [-0.05, 0) is 44.9 Å². The minimum atomic E-state index is -1.55. The number of halogens is 2. The quantitative estimate of drug-likeness (QED) is 0.797. The number of hydrogen-bond donors (Lipinski definition) is 1. The first-order valence-corrected chi connectivity index (χ1v) is 8.81. The molecule has 24 heavy (non-hydrogen) atoms. The van der Waals surface area contributed by atoms with Gasteiger partial charge in [-0.1, -0.05) is 0 Å². The molecule has 1 heterocycles. The molecular weight excluding hydrogens is 318 g/mol. The average molecular weight is 342 g/mol. The lowest BCUT2D eigenvalue weighted by Gasteiger charge is -2.61.